The van der Waals surface area contributed by atoms with Gasteiger partial charge < -0.3 is 10.1 Å². The molecule has 2 aliphatic rings. The smallest absolute Gasteiger partial charge is 0.243 e. The molecule has 1 N–H and O–H groups in total. The maximum Gasteiger partial charge on any atom is 0.243 e. The van der Waals surface area contributed by atoms with E-state index >= 15 is 0 Å². The number of nitrogens with zero attached hydrogens (tertiary/aromatic N) is 2. The molecule has 1 aromatic carbocycles. The normalized spacial score (nSPS) is 24.8. The number of aryl methyl sites for hydroxylation is 1. The predicted octanol–water partition coefficient (Wildman–Crippen LogP) is 2.22. The number of benzene rings is 1. The van der Waals surface area contributed by atoms with Gasteiger partial charge in [0.2, 0.25) is 15.9 Å². The topological polar surface area (TPSA) is 79.0 Å². The average molecular weight is 410 g/mol. The number of sulfonamides is 1. The Morgan fingerprint density at radius 3 is 2.43 bits per heavy atom. The minimum Gasteiger partial charge on any atom is -0.373 e. The van der Waals surface area contributed by atoms with E-state index in [1.807, 2.05) is 13.8 Å². The van der Waals surface area contributed by atoms with Crippen molar-refractivity contribution in [1.82, 2.24) is 9.21 Å². The number of carbonyl (C=O) groups is 1. The molecule has 0 radical (unpaired) electrons. The largest absolute Gasteiger partial charge is 0.373 e. The van der Waals surface area contributed by atoms with Gasteiger partial charge >= 0.3 is 0 Å². The molecule has 3 rings (SSSR count). The summed E-state index contributed by atoms with van der Waals surface area (Å²) in [4.78, 5) is 14.8. The second-order valence-corrected chi connectivity index (χ2v) is 9.85. The average Bonchev–Trinajstić information content (AvgIpc) is 2.63. The van der Waals surface area contributed by atoms with Crippen molar-refractivity contribution in [2.75, 3.05) is 38.0 Å². The Balaban J connectivity index is 1.69. The minimum atomic E-state index is -3.54. The Kier molecular flexibility index (Phi) is 6.75. The Hall–Kier alpha value is -1.48. The summed E-state index contributed by atoms with van der Waals surface area (Å²) in [5, 5.41) is 2.86. The maximum absolute atomic E-state index is 13.0. The van der Waals surface area contributed by atoms with Crippen LogP contribution in [0, 0.1) is 6.92 Å². The van der Waals surface area contributed by atoms with Gasteiger partial charge in [0, 0.05) is 31.9 Å². The summed E-state index contributed by atoms with van der Waals surface area (Å²) in [7, 11) is -3.54. The van der Waals surface area contributed by atoms with Crippen LogP contribution in [-0.4, -0.2) is 68.5 Å². The Bertz CT molecular complexity index is 796. The number of morpholine rings is 1. The monoisotopic (exact) mass is 409 g/mol. The van der Waals surface area contributed by atoms with Crippen molar-refractivity contribution in [3.63, 3.8) is 0 Å². The van der Waals surface area contributed by atoms with E-state index in [-0.39, 0.29) is 29.6 Å². The lowest BCUT2D eigenvalue weighted by Gasteiger charge is -2.34. The third-order valence-corrected chi connectivity index (χ3v) is 7.31. The van der Waals surface area contributed by atoms with Gasteiger partial charge in [-0.15, -0.1) is 0 Å². The van der Waals surface area contributed by atoms with Crippen molar-refractivity contribution in [3.8, 4) is 0 Å². The van der Waals surface area contributed by atoms with Crippen LogP contribution in [0.3, 0.4) is 0 Å². The third kappa shape index (κ3) is 5.11. The highest BCUT2D eigenvalue weighted by Gasteiger charge is 2.28. The molecule has 28 heavy (non-hydrogen) atoms. The number of piperidine rings is 1. The van der Waals surface area contributed by atoms with Crippen molar-refractivity contribution in [1.29, 1.82) is 0 Å². The third-order valence-electron chi connectivity index (χ3n) is 5.27. The zero-order valence-corrected chi connectivity index (χ0v) is 17.8. The van der Waals surface area contributed by atoms with Gasteiger partial charge in [0.05, 0.1) is 23.6 Å². The first-order valence-electron chi connectivity index (χ1n) is 10.0. The Morgan fingerprint density at radius 2 is 1.79 bits per heavy atom. The van der Waals surface area contributed by atoms with Gasteiger partial charge in [-0.2, -0.15) is 4.31 Å². The molecule has 1 aromatic rings. The molecule has 2 atom stereocenters. The summed E-state index contributed by atoms with van der Waals surface area (Å²) < 4.78 is 33.3. The number of anilines is 1. The number of hydrogen-bond acceptors (Lipinski definition) is 5. The fourth-order valence-electron chi connectivity index (χ4n) is 4.02. The lowest BCUT2D eigenvalue weighted by molar-refractivity contribution is -0.121. The Labute approximate surface area is 168 Å². The Morgan fingerprint density at radius 1 is 1.14 bits per heavy atom. The molecule has 2 fully saturated rings. The van der Waals surface area contributed by atoms with Gasteiger partial charge in [0.15, 0.2) is 0 Å². The van der Waals surface area contributed by atoms with Crippen LogP contribution in [0.1, 0.15) is 38.7 Å². The standard InChI is InChI=1S/C20H31N3O4S/c1-15-7-8-18(11-19(15)28(25,26)23-9-5-4-6-10-23)21-20(24)14-22-12-16(2)27-17(3)13-22/h7-8,11,16-17H,4-6,9-10,12-14H2,1-3H3,(H,21,24)/t16-,17-/m0/s1. The lowest BCUT2D eigenvalue weighted by Crippen LogP contribution is -2.48. The summed E-state index contributed by atoms with van der Waals surface area (Å²) in [6.45, 7) is 8.59. The quantitative estimate of drug-likeness (QED) is 0.807. The highest BCUT2D eigenvalue weighted by molar-refractivity contribution is 7.89. The van der Waals surface area contributed by atoms with Gasteiger partial charge in [-0.05, 0) is 51.3 Å². The van der Waals surface area contributed by atoms with Gasteiger partial charge in [-0.1, -0.05) is 12.5 Å². The van der Waals surface area contributed by atoms with E-state index in [0.29, 0.717) is 37.4 Å². The lowest BCUT2D eigenvalue weighted by atomic mass is 10.2. The fraction of sp³-hybridized carbons (Fsp3) is 0.650. The highest BCUT2D eigenvalue weighted by Crippen LogP contribution is 2.26. The number of ether oxygens (including phenoxy) is 1. The first-order chi connectivity index (χ1) is 13.3. The van der Waals surface area contributed by atoms with Crippen LogP contribution in [0.25, 0.3) is 0 Å². The molecule has 7 nitrogen and oxygen atoms in total. The number of rotatable bonds is 5. The molecule has 2 heterocycles. The van der Waals surface area contributed by atoms with Crippen LogP contribution >= 0.6 is 0 Å². The maximum atomic E-state index is 13.0. The molecule has 0 aromatic heterocycles. The molecule has 0 saturated carbocycles. The summed E-state index contributed by atoms with van der Waals surface area (Å²) in [6.07, 6.45) is 3.05. The number of hydrogen-bond donors (Lipinski definition) is 1. The zero-order valence-electron chi connectivity index (χ0n) is 17.0. The molecule has 2 saturated heterocycles. The van der Waals surface area contributed by atoms with Crippen LogP contribution < -0.4 is 5.32 Å². The first kappa shape index (κ1) is 21.2. The van der Waals surface area contributed by atoms with Crippen LogP contribution in [0.15, 0.2) is 23.1 Å². The molecule has 156 valence electrons. The van der Waals surface area contributed by atoms with E-state index in [2.05, 4.69) is 10.2 Å². The predicted molar refractivity (Wildman–Crippen MR) is 109 cm³/mol. The number of amides is 1. The van der Waals surface area contributed by atoms with Crippen molar-refractivity contribution in [2.45, 2.75) is 57.1 Å². The SMILES string of the molecule is Cc1ccc(NC(=O)CN2C[C@H](C)O[C@@H](C)C2)cc1S(=O)(=O)N1CCCCC1. The number of carbonyl (C=O) groups excluding carboxylic acids is 1. The molecule has 0 spiro atoms. The molecular formula is C20H31N3O4S. The van der Waals surface area contributed by atoms with Gasteiger partial charge in [-0.25, -0.2) is 8.42 Å². The van der Waals surface area contributed by atoms with E-state index in [1.54, 1.807) is 29.4 Å². The van der Waals surface area contributed by atoms with E-state index in [4.69, 9.17) is 4.74 Å². The summed E-state index contributed by atoms with van der Waals surface area (Å²) in [6, 6.07) is 5.10. The molecule has 0 aliphatic carbocycles. The van der Waals surface area contributed by atoms with Gasteiger partial charge in [-0.3, -0.25) is 9.69 Å². The summed E-state index contributed by atoms with van der Waals surface area (Å²) in [5.41, 5.74) is 1.21. The van der Waals surface area contributed by atoms with E-state index in [0.717, 1.165) is 19.3 Å². The molecular weight excluding hydrogens is 378 g/mol. The molecule has 0 unspecified atom stereocenters. The first-order valence-corrected chi connectivity index (χ1v) is 11.5. The van der Waals surface area contributed by atoms with Crippen molar-refractivity contribution < 1.29 is 17.9 Å². The van der Waals surface area contributed by atoms with Crippen LogP contribution in [0.5, 0.6) is 0 Å². The summed E-state index contributed by atoms with van der Waals surface area (Å²) >= 11 is 0. The van der Waals surface area contributed by atoms with Gasteiger partial charge in [0.1, 0.15) is 0 Å². The number of nitrogens with one attached hydrogen (secondary N) is 1. The minimum absolute atomic E-state index is 0.0946. The second-order valence-electron chi connectivity index (χ2n) is 7.94. The van der Waals surface area contributed by atoms with Crippen molar-refractivity contribution in [3.05, 3.63) is 23.8 Å². The van der Waals surface area contributed by atoms with Crippen LogP contribution in [0.2, 0.25) is 0 Å². The second kappa shape index (κ2) is 8.90. The molecule has 8 heteroatoms. The van der Waals surface area contributed by atoms with E-state index in [1.165, 1.54) is 0 Å². The van der Waals surface area contributed by atoms with E-state index < -0.39 is 10.0 Å². The molecule has 2 aliphatic heterocycles. The molecule has 0 bridgehead atoms. The highest BCUT2D eigenvalue weighted by atomic mass is 32.2. The van der Waals surface area contributed by atoms with E-state index in [9.17, 15) is 13.2 Å². The summed E-state index contributed by atoms with van der Waals surface area (Å²) in [5.74, 6) is -0.147. The zero-order chi connectivity index (χ0) is 20.3. The van der Waals surface area contributed by atoms with Crippen molar-refractivity contribution >= 4 is 21.6 Å². The fourth-order valence-corrected chi connectivity index (χ4v) is 5.79. The van der Waals surface area contributed by atoms with Crippen LogP contribution in [-0.2, 0) is 19.6 Å². The van der Waals surface area contributed by atoms with Gasteiger partial charge in [0.25, 0.3) is 0 Å². The van der Waals surface area contributed by atoms with Crippen LogP contribution in [0.4, 0.5) is 5.69 Å². The van der Waals surface area contributed by atoms with Crippen molar-refractivity contribution in [2.24, 2.45) is 0 Å². The molecule has 1 amide bonds.